The SMILES string of the molecule is C=CCN1CC2CN(CC=C)CC(C1)C21OCCO1. The van der Waals surface area contributed by atoms with Gasteiger partial charge in [0.15, 0.2) is 5.79 Å². The van der Waals surface area contributed by atoms with E-state index < -0.39 is 0 Å². The van der Waals surface area contributed by atoms with Crippen LogP contribution in [-0.2, 0) is 9.47 Å². The maximum absolute atomic E-state index is 6.07. The first kappa shape index (κ1) is 13.3. The molecule has 0 unspecified atom stereocenters. The minimum Gasteiger partial charge on any atom is -0.347 e. The molecule has 0 atom stereocenters. The molecule has 4 heteroatoms. The Balaban J connectivity index is 1.79. The molecule has 4 nitrogen and oxygen atoms in total. The van der Waals surface area contributed by atoms with Crippen LogP contribution in [-0.4, -0.2) is 68.1 Å². The van der Waals surface area contributed by atoms with E-state index in [0.29, 0.717) is 11.8 Å². The molecule has 0 aromatic carbocycles. The third-order valence-corrected chi connectivity index (χ3v) is 4.57. The molecule has 0 aliphatic carbocycles. The molecule has 2 bridgehead atoms. The highest BCUT2D eigenvalue weighted by Gasteiger charge is 2.57. The summed E-state index contributed by atoms with van der Waals surface area (Å²) in [5.41, 5.74) is 0. The van der Waals surface area contributed by atoms with Gasteiger partial charge in [0.25, 0.3) is 0 Å². The maximum Gasteiger partial charge on any atom is 0.178 e. The number of piperidine rings is 2. The van der Waals surface area contributed by atoms with E-state index in [1.54, 1.807) is 0 Å². The van der Waals surface area contributed by atoms with Crippen molar-refractivity contribution in [2.45, 2.75) is 5.79 Å². The van der Waals surface area contributed by atoms with Crippen LogP contribution in [0.15, 0.2) is 25.3 Å². The van der Waals surface area contributed by atoms with Gasteiger partial charge >= 0.3 is 0 Å². The maximum atomic E-state index is 6.07. The van der Waals surface area contributed by atoms with Crippen molar-refractivity contribution in [1.82, 2.24) is 9.80 Å². The normalized spacial score (nSPS) is 34.5. The topological polar surface area (TPSA) is 24.9 Å². The molecular formula is C15H24N2O2. The fourth-order valence-corrected chi connectivity index (χ4v) is 3.93. The second-order valence-corrected chi connectivity index (χ2v) is 5.83. The van der Waals surface area contributed by atoms with Gasteiger partial charge in [0.1, 0.15) is 0 Å². The van der Waals surface area contributed by atoms with E-state index in [4.69, 9.17) is 9.47 Å². The van der Waals surface area contributed by atoms with Gasteiger partial charge in [0.2, 0.25) is 0 Å². The number of hydrogen-bond donors (Lipinski definition) is 0. The zero-order chi connectivity index (χ0) is 13.3. The predicted molar refractivity (Wildman–Crippen MR) is 74.9 cm³/mol. The van der Waals surface area contributed by atoms with Crippen LogP contribution in [0.5, 0.6) is 0 Å². The Labute approximate surface area is 115 Å². The van der Waals surface area contributed by atoms with Crippen molar-refractivity contribution in [1.29, 1.82) is 0 Å². The van der Waals surface area contributed by atoms with Gasteiger partial charge in [-0.3, -0.25) is 9.80 Å². The Morgan fingerprint density at radius 1 is 0.895 bits per heavy atom. The zero-order valence-electron chi connectivity index (χ0n) is 11.6. The van der Waals surface area contributed by atoms with E-state index in [9.17, 15) is 0 Å². The lowest BCUT2D eigenvalue weighted by atomic mass is 9.78. The van der Waals surface area contributed by atoms with Gasteiger partial charge in [-0.1, -0.05) is 12.2 Å². The molecule has 19 heavy (non-hydrogen) atoms. The van der Waals surface area contributed by atoms with Crippen LogP contribution in [0.2, 0.25) is 0 Å². The second kappa shape index (κ2) is 5.37. The minimum atomic E-state index is -0.310. The molecular weight excluding hydrogens is 240 g/mol. The van der Waals surface area contributed by atoms with Crippen molar-refractivity contribution in [2.75, 3.05) is 52.5 Å². The molecule has 0 N–H and O–H groups in total. The van der Waals surface area contributed by atoms with Gasteiger partial charge in [0.05, 0.1) is 13.2 Å². The van der Waals surface area contributed by atoms with Crippen molar-refractivity contribution in [3.8, 4) is 0 Å². The van der Waals surface area contributed by atoms with E-state index in [-0.39, 0.29) is 5.79 Å². The van der Waals surface area contributed by atoms with Crippen LogP contribution in [0.1, 0.15) is 0 Å². The smallest absolute Gasteiger partial charge is 0.178 e. The largest absolute Gasteiger partial charge is 0.347 e. The second-order valence-electron chi connectivity index (χ2n) is 5.83. The summed E-state index contributed by atoms with van der Waals surface area (Å²) in [5, 5.41) is 0. The molecule has 0 saturated carbocycles. The van der Waals surface area contributed by atoms with Crippen LogP contribution in [0.3, 0.4) is 0 Å². The number of rotatable bonds is 4. The molecule has 3 fully saturated rings. The Kier molecular flexibility index (Phi) is 3.76. The molecule has 3 aliphatic heterocycles. The molecule has 106 valence electrons. The van der Waals surface area contributed by atoms with Crippen LogP contribution >= 0.6 is 0 Å². The van der Waals surface area contributed by atoms with Gasteiger partial charge in [-0.15, -0.1) is 13.2 Å². The molecule has 0 aromatic heterocycles. The van der Waals surface area contributed by atoms with E-state index in [1.165, 1.54) is 0 Å². The Hall–Kier alpha value is -0.680. The summed E-state index contributed by atoms with van der Waals surface area (Å²) in [6.07, 6.45) is 3.98. The summed E-state index contributed by atoms with van der Waals surface area (Å²) in [6.45, 7) is 15.3. The van der Waals surface area contributed by atoms with Crippen molar-refractivity contribution in [3.05, 3.63) is 25.3 Å². The first-order valence-electron chi connectivity index (χ1n) is 7.23. The van der Waals surface area contributed by atoms with E-state index in [0.717, 1.165) is 52.5 Å². The molecule has 0 aromatic rings. The summed E-state index contributed by atoms with van der Waals surface area (Å²) >= 11 is 0. The predicted octanol–water partition coefficient (Wildman–Crippen LogP) is 0.965. The number of ether oxygens (including phenoxy) is 2. The molecule has 3 saturated heterocycles. The molecule has 1 spiro atoms. The fraction of sp³-hybridized carbons (Fsp3) is 0.733. The highest BCUT2D eigenvalue weighted by Crippen LogP contribution is 2.43. The quantitative estimate of drug-likeness (QED) is 0.706. The monoisotopic (exact) mass is 264 g/mol. The van der Waals surface area contributed by atoms with Gasteiger partial charge in [-0.2, -0.15) is 0 Å². The average molecular weight is 264 g/mol. The number of likely N-dealkylation sites (tertiary alicyclic amines) is 2. The summed E-state index contributed by atoms with van der Waals surface area (Å²) in [6, 6.07) is 0. The first-order chi connectivity index (χ1) is 9.28. The lowest BCUT2D eigenvalue weighted by molar-refractivity contribution is -0.275. The molecule has 3 aliphatic rings. The van der Waals surface area contributed by atoms with Crippen molar-refractivity contribution in [2.24, 2.45) is 11.8 Å². The Bertz CT molecular complexity index is 312. The van der Waals surface area contributed by atoms with Crippen molar-refractivity contribution < 1.29 is 9.47 Å². The van der Waals surface area contributed by atoms with Crippen LogP contribution < -0.4 is 0 Å². The highest BCUT2D eigenvalue weighted by molar-refractivity contribution is 5.03. The lowest BCUT2D eigenvalue weighted by Crippen LogP contribution is -2.67. The molecule has 3 heterocycles. The summed E-state index contributed by atoms with van der Waals surface area (Å²) in [4.78, 5) is 4.95. The first-order valence-corrected chi connectivity index (χ1v) is 7.23. The van der Waals surface area contributed by atoms with Crippen LogP contribution in [0, 0.1) is 11.8 Å². The van der Waals surface area contributed by atoms with Crippen LogP contribution in [0.4, 0.5) is 0 Å². The molecule has 0 amide bonds. The van der Waals surface area contributed by atoms with Gasteiger partial charge < -0.3 is 9.47 Å². The minimum absolute atomic E-state index is 0.310. The van der Waals surface area contributed by atoms with E-state index >= 15 is 0 Å². The summed E-state index contributed by atoms with van der Waals surface area (Å²) in [7, 11) is 0. The molecule has 0 radical (unpaired) electrons. The van der Waals surface area contributed by atoms with E-state index in [2.05, 4.69) is 23.0 Å². The van der Waals surface area contributed by atoms with Gasteiger partial charge in [-0.25, -0.2) is 0 Å². The van der Waals surface area contributed by atoms with E-state index in [1.807, 2.05) is 12.2 Å². The summed E-state index contributed by atoms with van der Waals surface area (Å²) < 4.78 is 12.1. The van der Waals surface area contributed by atoms with Gasteiger partial charge in [0, 0.05) is 51.1 Å². The number of hydrogen-bond acceptors (Lipinski definition) is 4. The Morgan fingerprint density at radius 2 is 1.32 bits per heavy atom. The fourth-order valence-electron chi connectivity index (χ4n) is 3.93. The van der Waals surface area contributed by atoms with Crippen molar-refractivity contribution in [3.63, 3.8) is 0 Å². The zero-order valence-corrected chi connectivity index (χ0v) is 11.6. The van der Waals surface area contributed by atoms with Crippen LogP contribution in [0.25, 0.3) is 0 Å². The standard InChI is InChI=1S/C15H24N2O2/c1-3-5-16-9-13-11-17(6-4-2)12-14(10-16)15(13)18-7-8-19-15/h3-4,13-14H,1-2,5-12H2. The Morgan fingerprint density at radius 3 is 1.68 bits per heavy atom. The summed E-state index contributed by atoms with van der Waals surface area (Å²) in [5.74, 6) is 0.555. The third-order valence-electron chi connectivity index (χ3n) is 4.57. The van der Waals surface area contributed by atoms with Gasteiger partial charge in [-0.05, 0) is 0 Å². The lowest BCUT2D eigenvalue weighted by Gasteiger charge is -2.55. The average Bonchev–Trinajstić information content (AvgIpc) is 2.83. The van der Waals surface area contributed by atoms with Crippen molar-refractivity contribution >= 4 is 0 Å². The number of nitrogens with zero attached hydrogens (tertiary/aromatic N) is 2. The highest BCUT2D eigenvalue weighted by atomic mass is 16.7. The molecule has 3 rings (SSSR count). The third kappa shape index (κ3) is 2.27.